The zero-order chi connectivity index (χ0) is 19.2. The minimum atomic E-state index is 0.245. The van der Waals surface area contributed by atoms with Crippen molar-refractivity contribution in [1.82, 2.24) is 9.80 Å². The molecule has 0 aromatic heterocycles. The fraction of sp³-hybridized carbons (Fsp3) is 0.750. The van der Waals surface area contributed by atoms with Gasteiger partial charge in [0.1, 0.15) is 5.75 Å². The fourth-order valence-electron chi connectivity index (χ4n) is 4.85. The second-order valence-corrected chi connectivity index (χ2v) is 9.21. The molecule has 3 nitrogen and oxygen atoms in total. The van der Waals surface area contributed by atoms with Gasteiger partial charge in [-0.15, -0.1) is 0 Å². The molecule has 1 aromatic rings. The van der Waals surface area contributed by atoms with Gasteiger partial charge < -0.3 is 14.5 Å². The molecule has 0 saturated carbocycles. The monoisotopic (exact) mass is 372 g/mol. The summed E-state index contributed by atoms with van der Waals surface area (Å²) in [6, 6.07) is 9.41. The average Bonchev–Trinajstić information content (AvgIpc) is 2.67. The molecule has 3 rings (SSSR count). The molecule has 3 heteroatoms. The van der Waals surface area contributed by atoms with Gasteiger partial charge in [0.25, 0.3) is 0 Å². The SMILES string of the molecule is CC(C)Oc1ccc(CCN2CCC(C3CCN(C(C)C)CC3)CC2)cc1. The zero-order valence-electron chi connectivity index (χ0n) is 18.0. The number of ether oxygens (including phenoxy) is 1. The van der Waals surface area contributed by atoms with E-state index in [1.807, 2.05) is 0 Å². The number of hydrogen-bond acceptors (Lipinski definition) is 3. The van der Waals surface area contributed by atoms with E-state index in [1.54, 1.807) is 0 Å². The van der Waals surface area contributed by atoms with E-state index in [4.69, 9.17) is 4.74 Å². The first-order chi connectivity index (χ1) is 13.0. The predicted octanol–water partition coefficient (Wildman–Crippen LogP) is 4.85. The molecule has 2 saturated heterocycles. The number of nitrogens with zero attached hydrogens (tertiary/aromatic N) is 2. The van der Waals surface area contributed by atoms with Crippen LogP contribution in [0.5, 0.6) is 5.75 Å². The molecule has 0 N–H and O–H groups in total. The van der Waals surface area contributed by atoms with Crippen LogP contribution in [0, 0.1) is 11.8 Å². The van der Waals surface area contributed by atoms with Crippen LogP contribution in [-0.4, -0.2) is 54.7 Å². The maximum Gasteiger partial charge on any atom is 0.119 e. The van der Waals surface area contributed by atoms with Crippen LogP contribution >= 0.6 is 0 Å². The van der Waals surface area contributed by atoms with Gasteiger partial charge in [0.15, 0.2) is 0 Å². The molecule has 0 aliphatic carbocycles. The fourth-order valence-corrected chi connectivity index (χ4v) is 4.85. The summed E-state index contributed by atoms with van der Waals surface area (Å²) in [4.78, 5) is 5.33. The minimum absolute atomic E-state index is 0.245. The number of benzene rings is 1. The Morgan fingerprint density at radius 1 is 0.852 bits per heavy atom. The quantitative estimate of drug-likeness (QED) is 0.680. The van der Waals surface area contributed by atoms with Gasteiger partial charge in [-0.3, -0.25) is 0 Å². The minimum Gasteiger partial charge on any atom is -0.491 e. The average molecular weight is 373 g/mol. The lowest BCUT2D eigenvalue weighted by atomic mass is 9.78. The zero-order valence-corrected chi connectivity index (χ0v) is 18.0. The number of rotatable bonds is 7. The third kappa shape index (κ3) is 6.22. The van der Waals surface area contributed by atoms with E-state index in [0.29, 0.717) is 0 Å². The van der Waals surface area contributed by atoms with Crippen molar-refractivity contribution in [2.45, 2.75) is 71.9 Å². The largest absolute Gasteiger partial charge is 0.491 e. The first-order valence-corrected chi connectivity index (χ1v) is 11.2. The van der Waals surface area contributed by atoms with E-state index in [-0.39, 0.29) is 6.10 Å². The van der Waals surface area contributed by atoms with Crippen LogP contribution in [0.2, 0.25) is 0 Å². The van der Waals surface area contributed by atoms with E-state index >= 15 is 0 Å². The van der Waals surface area contributed by atoms with Crippen LogP contribution in [0.25, 0.3) is 0 Å². The van der Waals surface area contributed by atoms with Gasteiger partial charge in [-0.1, -0.05) is 12.1 Å². The summed E-state index contributed by atoms with van der Waals surface area (Å²) >= 11 is 0. The molecule has 2 aliphatic rings. The van der Waals surface area contributed by atoms with Gasteiger partial charge >= 0.3 is 0 Å². The second kappa shape index (κ2) is 9.93. The van der Waals surface area contributed by atoms with Crippen LogP contribution in [0.15, 0.2) is 24.3 Å². The Labute approximate surface area is 167 Å². The smallest absolute Gasteiger partial charge is 0.119 e. The topological polar surface area (TPSA) is 15.7 Å². The summed E-state index contributed by atoms with van der Waals surface area (Å²) < 4.78 is 5.74. The molecule has 2 heterocycles. The predicted molar refractivity (Wildman–Crippen MR) is 115 cm³/mol. The van der Waals surface area contributed by atoms with Gasteiger partial charge in [0.05, 0.1) is 6.10 Å². The Hall–Kier alpha value is -1.06. The van der Waals surface area contributed by atoms with Crippen LogP contribution in [0.3, 0.4) is 0 Å². The Bertz CT molecular complexity index is 538. The van der Waals surface area contributed by atoms with Crippen molar-refractivity contribution in [3.8, 4) is 5.75 Å². The highest BCUT2D eigenvalue weighted by Gasteiger charge is 2.29. The molecule has 0 unspecified atom stereocenters. The standard InChI is InChI=1S/C24H40N2O/c1-19(2)26-17-12-23(13-18-26)22-10-15-25(16-11-22)14-9-21-5-7-24(8-6-21)27-20(3)4/h5-8,19-20,22-23H,9-18H2,1-4H3. The molecule has 152 valence electrons. The lowest BCUT2D eigenvalue weighted by Gasteiger charge is -2.41. The van der Waals surface area contributed by atoms with Gasteiger partial charge in [0, 0.05) is 12.6 Å². The molecule has 1 aromatic carbocycles. The molecule has 27 heavy (non-hydrogen) atoms. The summed E-state index contributed by atoms with van der Waals surface area (Å²) in [5, 5.41) is 0. The van der Waals surface area contributed by atoms with E-state index in [2.05, 4.69) is 61.8 Å². The second-order valence-electron chi connectivity index (χ2n) is 9.21. The molecule has 0 bridgehead atoms. The summed E-state index contributed by atoms with van der Waals surface area (Å²) in [6.45, 7) is 15.2. The third-order valence-electron chi connectivity index (χ3n) is 6.62. The molecule has 2 fully saturated rings. The molecular weight excluding hydrogens is 332 g/mol. The maximum atomic E-state index is 5.74. The van der Waals surface area contributed by atoms with E-state index < -0.39 is 0 Å². The van der Waals surface area contributed by atoms with Crippen molar-refractivity contribution in [2.75, 3.05) is 32.7 Å². The molecule has 0 spiro atoms. The van der Waals surface area contributed by atoms with Gasteiger partial charge in [-0.25, -0.2) is 0 Å². The molecule has 0 radical (unpaired) electrons. The summed E-state index contributed by atoms with van der Waals surface area (Å²) in [5.41, 5.74) is 1.43. The van der Waals surface area contributed by atoms with Crippen molar-refractivity contribution in [3.05, 3.63) is 29.8 Å². The van der Waals surface area contributed by atoms with Crippen LogP contribution in [0.4, 0.5) is 0 Å². The normalized spacial score (nSPS) is 21.3. The Balaban J connectivity index is 1.36. The number of piperidine rings is 2. The van der Waals surface area contributed by atoms with Crippen LogP contribution < -0.4 is 4.74 Å². The molecule has 0 atom stereocenters. The highest BCUT2D eigenvalue weighted by Crippen LogP contribution is 2.33. The van der Waals surface area contributed by atoms with Crippen molar-refractivity contribution >= 4 is 0 Å². The third-order valence-corrected chi connectivity index (χ3v) is 6.62. The number of hydrogen-bond donors (Lipinski definition) is 0. The van der Waals surface area contributed by atoms with Gasteiger partial charge in [-0.05, 0) is 116 Å². The Kier molecular flexibility index (Phi) is 7.60. The highest BCUT2D eigenvalue weighted by atomic mass is 16.5. The highest BCUT2D eigenvalue weighted by molar-refractivity contribution is 5.27. The van der Waals surface area contributed by atoms with Crippen molar-refractivity contribution < 1.29 is 4.74 Å². The van der Waals surface area contributed by atoms with E-state index in [1.165, 1.54) is 64.0 Å². The first-order valence-electron chi connectivity index (χ1n) is 11.2. The van der Waals surface area contributed by atoms with Crippen molar-refractivity contribution in [1.29, 1.82) is 0 Å². The van der Waals surface area contributed by atoms with Gasteiger partial charge in [-0.2, -0.15) is 0 Å². The van der Waals surface area contributed by atoms with Gasteiger partial charge in [0.2, 0.25) is 0 Å². The summed E-state index contributed by atoms with van der Waals surface area (Å²) in [5.74, 6) is 2.94. The van der Waals surface area contributed by atoms with Crippen LogP contribution in [-0.2, 0) is 6.42 Å². The molecule has 2 aliphatic heterocycles. The van der Waals surface area contributed by atoms with E-state index in [9.17, 15) is 0 Å². The first kappa shape index (κ1) is 20.7. The number of likely N-dealkylation sites (tertiary alicyclic amines) is 2. The molecule has 0 amide bonds. The van der Waals surface area contributed by atoms with E-state index in [0.717, 1.165) is 30.0 Å². The molecular formula is C24H40N2O. The Morgan fingerprint density at radius 3 is 1.93 bits per heavy atom. The van der Waals surface area contributed by atoms with Crippen LogP contribution in [0.1, 0.15) is 58.9 Å². The van der Waals surface area contributed by atoms with Crippen molar-refractivity contribution in [2.24, 2.45) is 11.8 Å². The lowest BCUT2D eigenvalue weighted by molar-refractivity contribution is 0.0842. The lowest BCUT2D eigenvalue weighted by Crippen LogP contribution is -2.43. The Morgan fingerprint density at radius 2 is 1.41 bits per heavy atom. The summed E-state index contributed by atoms with van der Waals surface area (Å²) in [6.07, 6.45) is 7.07. The van der Waals surface area contributed by atoms with Crippen molar-refractivity contribution in [3.63, 3.8) is 0 Å². The summed E-state index contributed by atoms with van der Waals surface area (Å²) in [7, 11) is 0. The maximum absolute atomic E-state index is 5.74.